The van der Waals surface area contributed by atoms with Crippen LogP contribution >= 0.6 is 0 Å². The number of hydrogen-bond donors (Lipinski definition) is 1. The number of hydrogen-bond acceptors (Lipinski definition) is 6. The number of aryl methyl sites for hydroxylation is 1. The Hall–Kier alpha value is -3.32. The van der Waals surface area contributed by atoms with Gasteiger partial charge in [0.1, 0.15) is 5.75 Å². The second-order valence-electron chi connectivity index (χ2n) is 10.2. The highest BCUT2D eigenvalue weighted by Gasteiger charge is 2.52. The molecule has 0 radical (unpaired) electrons. The lowest BCUT2D eigenvalue weighted by Gasteiger charge is -2.56. The van der Waals surface area contributed by atoms with Crippen molar-refractivity contribution >= 4 is 22.8 Å². The number of fused-ring (bicyclic) bond motifs is 3. The van der Waals surface area contributed by atoms with E-state index in [1.807, 2.05) is 25.1 Å². The zero-order valence-corrected chi connectivity index (χ0v) is 20.8. The minimum Gasteiger partial charge on any atom is -0.472 e. The molecule has 188 valence electrons. The summed E-state index contributed by atoms with van der Waals surface area (Å²) in [6, 6.07) is 13.0. The van der Waals surface area contributed by atoms with E-state index in [0.29, 0.717) is 22.7 Å². The van der Waals surface area contributed by atoms with Crippen LogP contribution in [-0.2, 0) is 20.7 Å². The number of ether oxygens (including phenoxy) is 3. The minimum absolute atomic E-state index is 0.230. The molecule has 3 unspecified atom stereocenters. The van der Waals surface area contributed by atoms with Crippen molar-refractivity contribution in [3.63, 3.8) is 0 Å². The number of nitrogens with one attached hydrogen (secondary N) is 1. The van der Waals surface area contributed by atoms with E-state index in [4.69, 9.17) is 14.2 Å². The Labute approximate surface area is 210 Å². The molecule has 1 N–H and O–H groups in total. The first-order valence-electron chi connectivity index (χ1n) is 12.9. The van der Waals surface area contributed by atoms with Crippen LogP contribution in [0.4, 0.5) is 0 Å². The standard InChI is InChI=1S/C29H32N2O5/c1-18-24(27(32)35-26(28(33)34-2)19-9-4-3-5-10-19)25-21-17-20-11-8-16-31-15-7-6-14-29(20,31)36-23(21)13-12-22(25)30-18/h3-5,9-10,12-13,20,26,30H,6-8,11,14-17H2,1-2H3. The molecule has 7 heteroatoms. The molecule has 1 spiro atoms. The van der Waals surface area contributed by atoms with Crippen LogP contribution in [0.25, 0.3) is 10.9 Å². The molecule has 3 atom stereocenters. The van der Waals surface area contributed by atoms with Crippen molar-refractivity contribution in [3.05, 3.63) is 64.8 Å². The number of carbonyl (C=O) groups excluding carboxylic acids is 2. The molecule has 2 fully saturated rings. The van der Waals surface area contributed by atoms with E-state index in [2.05, 4.69) is 9.88 Å². The average molecular weight is 489 g/mol. The van der Waals surface area contributed by atoms with Crippen LogP contribution in [0.5, 0.6) is 5.75 Å². The lowest BCUT2D eigenvalue weighted by Crippen LogP contribution is -2.64. The third-order valence-electron chi connectivity index (χ3n) is 8.27. The fraction of sp³-hybridized carbons (Fsp3) is 0.448. The van der Waals surface area contributed by atoms with Crippen molar-refractivity contribution in [2.45, 2.75) is 57.3 Å². The van der Waals surface area contributed by atoms with Gasteiger partial charge in [-0.3, -0.25) is 4.90 Å². The van der Waals surface area contributed by atoms with E-state index in [1.54, 1.807) is 24.3 Å². The van der Waals surface area contributed by atoms with E-state index in [9.17, 15) is 9.59 Å². The monoisotopic (exact) mass is 488 g/mol. The summed E-state index contributed by atoms with van der Waals surface area (Å²) in [4.78, 5) is 32.1. The first-order valence-corrected chi connectivity index (χ1v) is 12.9. The number of methoxy groups -OCH3 is 1. The Bertz CT molecular complexity index is 1310. The summed E-state index contributed by atoms with van der Waals surface area (Å²) in [6.45, 7) is 4.04. The first kappa shape index (κ1) is 23.1. The molecule has 4 heterocycles. The summed E-state index contributed by atoms with van der Waals surface area (Å²) in [5.41, 5.74) is 3.45. The SMILES string of the molecule is COC(=O)C(OC(=O)c1c(C)[nH]c2ccc3c(c12)CC1CCCN2CCCCC12O3)c1ccccc1. The van der Waals surface area contributed by atoms with Crippen molar-refractivity contribution in [2.24, 2.45) is 5.92 Å². The third-order valence-corrected chi connectivity index (χ3v) is 8.27. The number of aromatic nitrogens is 1. The molecule has 3 aliphatic rings. The number of esters is 2. The summed E-state index contributed by atoms with van der Waals surface area (Å²) in [5, 5.41) is 0.842. The summed E-state index contributed by atoms with van der Waals surface area (Å²) >= 11 is 0. The zero-order valence-electron chi connectivity index (χ0n) is 20.8. The highest BCUT2D eigenvalue weighted by molar-refractivity contribution is 6.08. The van der Waals surface area contributed by atoms with Gasteiger partial charge >= 0.3 is 11.9 Å². The van der Waals surface area contributed by atoms with Gasteiger partial charge in [0.2, 0.25) is 6.10 Å². The van der Waals surface area contributed by atoms with E-state index >= 15 is 0 Å². The van der Waals surface area contributed by atoms with E-state index < -0.39 is 18.0 Å². The molecule has 6 rings (SSSR count). The number of H-pyrrole nitrogens is 1. The predicted octanol–water partition coefficient (Wildman–Crippen LogP) is 5.07. The van der Waals surface area contributed by atoms with Crippen LogP contribution < -0.4 is 4.74 Å². The Morgan fingerprint density at radius 3 is 2.72 bits per heavy atom. The van der Waals surface area contributed by atoms with Crippen LogP contribution in [0.2, 0.25) is 0 Å². The molecule has 3 aromatic rings. The molecular weight excluding hydrogens is 456 g/mol. The molecule has 7 nitrogen and oxygen atoms in total. The summed E-state index contributed by atoms with van der Waals surface area (Å²) < 4.78 is 17.6. The first-order chi connectivity index (χ1) is 17.5. The summed E-state index contributed by atoms with van der Waals surface area (Å²) in [7, 11) is 1.30. The van der Waals surface area contributed by atoms with Crippen molar-refractivity contribution in [3.8, 4) is 5.75 Å². The highest BCUT2D eigenvalue weighted by atomic mass is 16.6. The van der Waals surface area contributed by atoms with Gasteiger partial charge in [0.05, 0.1) is 12.7 Å². The van der Waals surface area contributed by atoms with Gasteiger partial charge in [-0.1, -0.05) is 30.3 Å². The molecule has 0 aliphatic carbocycles. The van der Waals surface area contributed by atoms with Gasteiger partial charge in [0, 0.05) is 53.2 Å². The molecule has 1 aromatic heterocycles. The van der Waals surface area contributed by atoms with E-state index in [1.165, 1.54) is 26.4 Å². The van der Waals surface area contributed by atoms with Crippen molar-refractivity contribution < 1.29 is 23.8 Å². The quantitative estimate of drug-likeness (QED) is 0.516. The minimum atomic E-state index is -1.14. The van der Waals surface area contributed by atoms with E-state index in [0.717, 1.165) is 54.6 Å². The van der Waals surface area contributed by atoms with Gasteiger partial charge in [-0.25, -0.2) is 9.59 Å². The normalized spacial score (nSPS) is 24.1. The lowest BCUT2D eigenvalue weighted by atomic mass is 9.74. The molecule has 0 amide bonds. The smallest absolute Gasteiger partial charge is 0.351 e. The van der Waals surface area contributed by atoms with Gasteiger partial charge in [0.15, 0.2) is 5.72 Å². The van der Waals surface area contributed by atoms with Crippen LogP contribution in [0.3, 0.4) is 0 Å². The number of rotatable bonds is 4. The lowest BCUT2D eigenvalue weighted by molar-refractivity contribution is -0.177. The topological polar surface area (TPSA) is 80.9 Å². The molecule has 36 heavy (non-hydrogen) atoms. The van der Waals surface area contributed by atoms with Gasteiger partial charge in [-0.15, -0.1) is 0 Å². The number of aromatic amines is 1. The third kappa shape index (κ3) is 3.60. The molecular formula is C29H32N2O5. The maximum absolute atomic E-state index is 13.6. The second-order valence-corrected chi connectivity index (χ2v) is 10.2. The molecule has 0 bridgehead atoms. The van der Waals surface area contributed by atoms with Crippen molar-refractivity contribution in [2.75, 3.05) is 20.2 Å². The van der Waals surface area contributed by atoms with Crippen LogP contribution in [0.15, 0.2) is 42.5 Å². The molecule has 2 saturated heterocycles. The van der Waals surface area contributed by atoms with Crippen molar-refractivity contribution in [1.29, 1.82) is 0 Å². The molecule has 3 aliphatic heterocycles. The fourth-order valence-corrected chi connectivity index (χ4v) is 6.62. The maximum atomic E-state index is 13.6. The number of piperidine rings is 2. The Morgan fingerprint density at radius 2 is 1.92 bits per heavy atom. The summed E-state index contributed by atoms with van der Waals surface area (Å²) in [6.07, 6.45) is 5.46. The zero-order chi connectivity index (χ0) is 24.9. The van der Waals surface area contributed by atoms with Crippen LogP contribution in [0, 0.1) is 12.8 Å². The Balaban J connectivity index is 1.40. The highest BCUT2D eigenvalue weighted by Crippen LogP contribution is 2.50. The molecule has 2 aromatic carbocycles. The number of nitrogens with zero attached hydrogens (tertiary/aromatic N) is 1. The van der Waals surface area contributed by atoms with Gasteiger partial charge in [0.25, 0.3) is 0 Å². The van der Waals surface area contributed by atoms with Crippen LogP contribution in [0.1, 0.15) is 65.4 Å². The number of benzene rings is 2. The second kappa shape index (κ2) is 8.96. The summed E-state index contributed by atoms with van der Waals surface area (Å²) in [5.74, 6) is 0.0811. The van der Waals surface area contributed by atoms with Gasteiger partial charge in [-0.05, 0) is 51.2 Å². The van der Waals surface area contributed by atoms with Crippen molar-refractivity contribution in [1.82, 2.24) is 9.88 Å². The Morgan fingerprint density at radius 1 is 1.11 bits per heavy atom. The van der Waals surface area contributed by atoms with E-state index in [-0.39, 0.29) is 5.72 Å². The predicted molar refractivity (Wildman–Crippen MR) is 135 cm³/mol. The average Bonchev–Trinajstić information content (AvgIpc) is 3.25. The fourth-order valence-electron chi connectivity index (χ4n) is 6.62. The molecule has 0 saturated carbocycles. The van der Waals surface area contributed by atoms with Gasteiger partial charge in [-0.2, -0.15) is 0 Å². The van der Waals surface area contributed by atoms with Gasteiger partial charge < -0.3 is 19.2 Å². The van der Waals surface area contributed by atoms with Crippen LogP contribution in [-0.4, -0.2) is 47.7 Å². The largest absolute Gasteiger partial charge is 0.472 e. The number of carbonyl (C=O) groups is 2. The maximum Gasteiger partial charge on any atom is 0.351 e. The Kier molecular flexibility index (Phi) is 5.75.